The molecule has 0 spiro atoms. The molecule has 0 radical (unpaired) electrons. The molecule has 2 aromatic rings. The molecule has 1 aliphatic rings. The van der Waals surface area contributed by atoms with Gasteiger partial charge in [0.25, 0.3) is 0 Å². The van der Waals surface area contributed by atoms with Gasteiger partial charge in [-0.2, -0.15) is 11.3 Å². The van der Waals surface area contributed by atoms with E-state index < -0.39 is 15.8 Å². The van der Waals surface area contributed by atoms with Crippen LogP contribution in [0.3, 0.4) is 0 Å². The summed E-state index contributed by atoms with van der Waals surface area (Å²) in [4.78, 5) is 16.9. The maximum Gasteiger partial charge on any atom is 0.224 e. The maximum atomic E-state index is 12.5. The van der Waals surface area contributed by atoms with E-state index in [0.717, 1.165) is 16.3 Å². The Kier molecular flexibility index (Phi) is 4.84. The van der Waals surface area contributed by atoms with Crippen LogP contribution in [0, 0.1) is 12.8 Å². The van der Waals surface area contributed by atoms with Crippen molar-refractivity contribution in [2.24, 2.45) is 5.92 Å². The molecular weight excluding hydrogens is 352 g/mol. The van der Waals surface area contributed by atoms with E-state index in [4.69, 9.17) is 0 Å². The minimum Gasteiger partial charge on any atom is -0.346 e. The third-order valence-corrected chi connectivity index (χ3v) is 7.45. The lowest BCUT2D eigenvalue weighted by Crippen LogP contribution is -2.35. The van der Waals surface area contributed by atoms with Crippen LogP contribution in [0.15, 0.2) is 22.2 Å². The van der Waals surface area contributed by atoms with Gasteiger partial charge in [-0.3, -0.25) is 4.79 Å². The zero-order valence-electron chi connectivity index (χ0n) is 12.7. The Labute approximate surface area is 143 Å². The van der Waals surface area contributed by atoms with Gasteiger partial charge >= 0.3 is 0 Å². The number of nitrogens with zero attached hydrogens (tertiary/aromatic N) is 1. The number of nitrogens with one attached hydrogen (secondary N) is 1. The van der Waals surface area contributed by atoms with Crippen LogP contribution in [0.25, 0.3) is 0 Å². The van der Waals surface area contributed by atoms with Crippen molar-refractivity contribution >= 4 is 38.4 Å². The molecule has 0 saturated carbocycles. The number of carbonyl (C=O) groups is 1. The van der Waals surface area contributed by atoms with Crippen molar-refractivity contribution in [3.63, 3.8) is 0 Å². The van der Waals surface area contributed by atoms with Gasteiger partial charge in [-0.15, -0.1) is 11.3 Å². The first-order valence-electron chi connectivity index (χ1n) is 7.37. The van der Waals surface area contributed by atoms with Gasteiger partial charge in [0.15, 0.2) is 9.84 Å². The van der Waals surface area contributed by atoms with E-state index in [2.05, 4.69) is 15.7 Å². The van der Waals surface area contributed by atoms with E-state index in [9.17, 15) is 13.2 Å². The highest BCUT2D eigenvalue weighted by Gasteiger charge is 2.34. The number of rotatable bonds is 5. The van der Waals surface area contributed by atoms with E-state index in [1.807, 2.05) is 23.8 Å². The van der Waals surface area contributed by atoms with Crippen LogP contribution in [0.4, 0.5) is 0 Å². The largest absolute Gasteiger partial charge is 0.346 e. The minimum atomic E-state index is -3.06. The molecule has 0 bridgehead atoms. The average Bonchev–Trinajstić information content (AvgIpc) is 3.19. The summed E-state index contributed by atoms with van der Waals surface area (Å²) in [6.45, 7) is 1.92. The fraction of sp³-hybridized carbons (Fsp3) is 0.467. The normalized spacial score (nSPS) is 21.2. The Morgan fingerprint density at radius 2 is 2.30 bits per heavy atom. The van der Waals surface area contributed by atoms with Crippen molar-refractivity contribution < 1.29 is 13.2 Å². The third-order valence-electron chi connectivity index (χ3n) is 3.87. The topological polar surface area (TPSA) is 76.1 Å². The molecule has 2 aromatic heterocycles. The first-order chi connectivity index (χ1) is 10.9. The molecule has 3 heterocycles. The SMILES string of the molecule is Cc1csc([C@H](Cc2ccsc2)NC(=O)[C@@H]2CCS(=O)(=O)C2)n1. The zero-order chi connectivity index (χ0) is 16.4. The number of thiazole rings is 1. The van der Waals surface area contributed by atoms with Crippen LogP contribution in [0.2, 0.25) is 0 Å². The molecule has 1 aliphatic heterocycles. The summed E-state index contributed by atoms with van der Waals surface area (Å²) in [5, 5.41) is 9.90. The quantitative estimate of drug-likeness (QED) is 0.876. The molecular formula is C15H18N2O3S3. The monoisotopic (exact) mass is 370 g/mol. The molecule has 1 fully saturated rings. The predicted octanol–water partition coefficient (Wildman–Crippen LogP) is 2.35. The van der Waals surface area contributed by atoms with Gasteiger partial charge in [0.2, 0.25) is 5.91 Å². The highest BCUT2D eigenvalue weighted by molar-refractivity contribution is 7.91. The fourth-order valence-electron chi connectivity index (χ4n) is 2.67. The zero-order valence-corrected chi connectivity index (χ0v) is 15.1. The number of amides is 1. The van der Waals surface area contributed by atoms with Gasteiger partial charge < -0.3 is 5.32 Å². The van der Waals surface area contributed by atoms with Crippen LogP contribution < -0.4 is 5.32 Å². The molecule has 124 valence electrons. The van der Waals surface area contributed by atoms with E-state index in [1.54, 1.807) is 11.3 Å². The summed E-state index contributed by atoms with van der Waals surface area (Å²) in [6.07, 6.45) is 1.08. The van der Waals surface area contributed by atoms with Crippen molar-refractivity contribution in [3.8, 4) is 0 Å². The second-order valence-electron chi connectivity index (χ2n) is 5.82. The van der Waals surface area contributed by atoms with Crippen LogP contribution in [-0.2, 0) is 21.1 Å². The summed E-state index contributed by atoms with van der Waals surface area (Å²) in [5.74, 6) is -0.553. The molecule has 1 N–H and O–H groups in total. The third kappa shape index (κ3) is 4.19. The van der Waals surface area contributed by atoms with Gasteiger partial charge in [0.1, 0.15) is 5.01 Å². The van der Waals surface area contributed by atoms with Crippen molar-refractivity contribution in [2.45, 2.75) is 25.8 Å². The number of hydrogen-bond donors (Lipinski definition) is 1. The number of carbonyl (C=O) groups excluding carboxylic acids is 1. The van der Waals surface area contributed by atoms with Gasteiger partial charge in [-0.25, -0.2) is 13.4 Å². The molecule has 2 atom stereocenters. The van der Waals surface area contributed by atoms with E-state index in [1.165, 1.54) is 11.3 Å². The van der Waals surface area contributed by atoms with Gasteiger partial charge in [-0.05, 0) is 35.7 Å². The molecule has 3 rings (SSSR count). The van der Waals surface area contributed by atoms with Crippen LogP contribution in [0.5, 0.6) is 0 Å². The average molecular weight is 371 g/mol. The summed E-state index contributed by atoms with van der Waals surface area (Å²) in [6, 6.07) is 1.82. The maximum absolute atomic E-state index is 12.5. The summed E-state index contributed by atoms with van der Waals surface area (Å²) in [5.41, 5.74) is 2.07. The van der Waals surface area contributed by atoms with E-state index in [-0.39, 0.29) is 23.5 Å². The van der Waals surface area contributed by atoms with Crippen LogP contribution >= 0.6 is 22.7 Å². The van der Waals surface area contributed by atoms with Gasteiger partial charge in [-0.1, -0.05) is 0 Å². The molecule has 0 unspecified atom stereocenters. The molecule has 1 amide bonds. The summed E-state index contributed by atoms with van der Waals surface area (Å²) < 4.78 is 23.1. The van der Waals surface area contributed by atoms with Gasteiger partial charge in [0.05, 0.1) is 23.5 Å². The lowest BCUT2D eigenvalue weighted by molar-refractivity contribution is -0.125. The molecule has 0 aromatic carbocycles. The van der Waals surface area contributed by atoms with Gasteiger partial charge in [0, 0.05) is 17.5 Å². The molecule has 0 aliphatic carbocycles. The Bertz CT molecular complexity index is 781. The highest BCUT2D eigenvalue weighted by Crippen LogP contribution is 2.25. The Morgan fingerprint density at radius 1 is 1.48 bits per heavy atom. The van der Waals surface area contributed by atoms with Crippen molar-refractivity contribution in [2.75, 3.05) is 11.5 Å². The van der Waals surface area contributed by atoms with E-state index >= 15 is 0 Å². The fourth-order valence-corrected chi connectivity index (χ4v) is 5.94. The lowest BCUT2D eigenvalue weighted by atomic mass is 10.1. The first-order valence-corrected chi connectivity index (χ1v) is 11.0. The standard InChI is InChI=1S/C15H18N2O3S3/c1-10-7-22-15(16-10)13(6-11-2-4-21-8-11)17-14(18)12-3-5-23(19,20)9-12/h2,4,7-8,12-13H,3,5-6,9H2,1H3,(H,17,18)/t12-,13+/m1/s1. The molecule has 1 saturated heterocycles. The number of thiophene rings is 1. The van der Waals surface area contributed by atoms with Crippen LogP contribution in [-0.4, -0.2) is 30.8 Å². The van der Waals surface area contributed by atoms with Crippen LogP contribution in [0.1, 0.15) is 28.7 Å². The molecule has 23 heavy (non-hydrogen) atoms. The smallest absolute Gasteiger partial charge is 0.224 e. The highest BCUT2D eigenvalue weighted by atomic mass is 32.2. The molecule has 5 nitrogen and oxygen atoms in total. The summed E-state index contributed by atoms with van der Waals surface area (Å²) >= 11 is 3.14. The summed E-state index contributed by atoms with van der Waals surface area (Å²) in [7, 11) is -3.06. The Hall–Kier alpha value is -1.25. The predicted molar refractivity (Wildman–Crippen MR) is 92.5 cm³/mol. The van der Waals surface area contributed by atoms with Crippen molar-refractivity contribution in [3.05, 3.63) is 38.5 Å². The number of aromatic nitrogens is 1. The number of aryl methyl sites for hydroxylation is 1. The molecule has 8 heteroatoms. The second-order valence-corrected chi connectivity index (χ2v) is 9.72. The minimum absolute atomic E-state index is 0.0408. The van der Waals surface area contributed by atoms with Crippen molar-refractivity contribution in [1.29, 1.82) is 0 Å². The first kappa shape index (κ1) is 16.6. The van der Waals surface area contributed by atoms with E-state index in [0.29, 0.717) is 12.8 Å². The lowest BCUT2D eigenvalue weighted by Gasteiger charge is -2.18. The number of sulfone groups is 1. The second kappa shape index (κ2) is 6.70. The Balaban J connectivity index is 1.74. The number of hydrogen-bond acceptors (Lipinski definition) is 6. The Morgan fingerprint density at radius 3 is 2.87 bits per heavy atom. The van der Waals surface area contributed by atoms with Crippen molar-refractivity contribution in [1.82, 2.24) is 10.3 Å².